The Kier molecular flexibility index (Phi) is 4.26. The molecule has 3 N–H and O–H groups in total. The van der Waals surface area contributed by atoms with E-state index in [0.717, 1.165) is 12.2 Å². The van der Waals surface area contributed by atoms with Gasteiger partial charge in [-0.25, -0.2) is 0 Å². The van der Waals surface area contributed by atoms with E-state index in [1.54, 1.807) is 29.8 Å². The fourth-order valence-corrected chi connectivity index (χ4v) is 4.66. The predicted octanol–water partition coefficient (Wildman–Crippen LogP) is 4.03. The Labute approximate surface area is 132 Å². The van der Waals surface area contributed by atoms with Crippen LogP contribution in [-0.2, 0) is 6.42 Å². The third-order valence-corrected chi connectivity index (χ3v) is 5.77. The highest BCUT2D eigenvalue weighted by Crippen LogP contribution is 2.35. The molecule has 0 bridgehead atoms. The van der Waals surface area contributed by atoms with Crippen LogP contribution in [0.3, 0.4) is 0 Å². The van der Waals surface area contributed by atoms with Gasteiger partial charge >= 0.3 is 0 Å². The average molecular weight is 318 g/mol. The van der Waals surface area contributed by atoms with Crippen LogP contribution in [0.5, 0.6) is 5.75 Å². The summed E-state index contributed by atoms with van der Waals surface area (Å²) in [6, 6.07) is 10.7. The maximum atomic E-state index is 5.79. The average Bonchev–Trinajstić information content (AvgIpc) is 3.06. The Morgan fingerprint density at radius 1 is 1.24 bits per heavy atom. The maximum absolute atomic E-state index is 5.79. The lowest BCUT2D eigenvalue weighted by atomic mass is 10.0. The number of methoxy groups -OCH3 is 1. The van der Waals surface area contributed by atoms with E-state index >= 15 is 0 Å². The molecule has 0 aliphatic heterocycles. The standard InChI is InChI=1S/C16H18N2OS2/c1-10-3-4-13(19-2)11(7-10)8-12(18-17)15-9-16-14(21-15)5-6-20-16/h3-7,9,12,18H,8,17H2,1-2H3. The molecule has 0 radical (unpaired) electrons. The SMILES string of the molecule is COc1ccc(C)cc1CC(NN)c1cc2sccc2s1. The number of aryl methyl sites for hydroxylation is 1. The Balaban J connectivity index is 1.90. The van der Waals surface area contributed by atoms with Crippen molar-refractivity contribution in [2.45, 2.75) is 19.4 Å². The summed E-state index contributed by atoms with van der Waals surface area (Å²) in [4.78, 5) is 1.27. The molecular weight excluding hydrogens is 300 g/mol. The summed E-state index contributed by atoms with van der Waals surface area (Å²) in [6.07, 6.45) is 0.815. The van der Waals surface area contributed by atoms with Crippen LogP contribution in [0.1, 0.15) is 22.0 Å². The molecule has 2 aromatic heterocycles. The third-order valence-electron chi connectivity index (χ3n) is 3.56. The molecule has 3 aromatic rings. The summed E-state index contributed by atoms with van der Waals surface area (Å²) in [6.45, 7) is 2.09. The van der Waals surface area contributed by atoms with Crippen LogP contribution in [0.4, 0.5) is 0 Å². The van der Waals surface area contributed by atoms with Crippen LogP contribution in [-0.4, -0.2) is 7.11 Å². The van der Waals surface area contributed by atoms with Gasteiger partial charge in [-0.3, -0.25) is 11.3 Å². The lowest BCUT2D eigenvalue weighted by molar-refractivity contribution is 0.406. The molecule has 3 rings (SSSR count). The summed E-state index contributed by atoms with van der Waals surface area (Å²) in [5.41, 5.74) is 5.36. The highest BCUT2D eigenvalue weighted by molar-refractivity contribution is 7.26. The molecule has 0 amide bonds. The first-order valence-corrected chi connectivity index (χ1v) is 8.47. The largest absolute Gasteiger partial charge is 0.496 e. The second kappa shape index (κ2) is 6.15. The topological polar surface area (TPSA) is 47.3 Å². The van der Waals surface area contributed by atoms with E-state index in [9.17, 15) is 0 Å². The summed E-state index contributed by atoms with van der Waals surface area (Å²) >= 11 is 3.57. The Morgan fingerprint density at radius 2 is 2.10 bits per heavy atom. The zero-order valence-corrected chi connectivity index (χ0v) is 13.7. The van der Waals surface area contributed by atoms with Crippen molar-refractivity contribution in [2.75, 3.05) is 7.11 Å². The van der Waals surface area contributed by atoms with Crippen LogP contribution in [0.15, 0.2) is 35.7 Å². The number of thiophene rings is 2. The van der Waals surface area contributed by atoms with Crippen molar-refractivity contribution in [3.8, 4) is 5.75 Å². The van der Waals surface area contributed by atoms with Gasteiger partial charge in [-0.2, -0.15) is 0 Å². The molecule has 0 aliphatic rings. The lowest BCUT2D eigenvalue weighted by Gasteiger charge is -2.17. The fourth-order valence-electron chi connectivity index (χ4n) is 2.48. The van der Waals surface area contributed by atoms with E-state index in [1.165, 1.54) is 25.4 Å². The van der Waals surface area contributed by atoms with Gasteiger partial charge in [-0.1, -0.05) is 17.7 Å². The van der Waals surface area contributed by atoms with Crippen molar-refractivity contribution in [3.05, 3.63) is 51.7 Å². The second-order valence-electron chi connectivity index (χ2n) is 5.04. The van der Waals surface area contributed by atoms with E-state index in [-0.39, 0.29) is 6.04 Å². The first kappa shape index (κ1) is 14.5. The molecule has 2 heterocycles. The second-order valence-corrected chi connectivity index (χ2v) is 7.10. The van der Waals surface area contributed by atoms with Gasteiger partial charge in [0, 0.05) is 14.3 Å². The first-order chi connectivity index (χ1) is 10.2. The predicted molar refractivity (Wildman–Crippen MR) is 91.2 cm³/mol. The zero-order chi connectivity index (χ0) is 14.8. The minimum atomic E-state index is 0.102. The zero-order valence-electron chi connectivity index (χ0n) is 12.1. The number of nitrogens with one attached hydrogen (secondary N) is 1. The molecule has 5 heteroatoms. The number of benzene rings is 1. The van der Waals surface area contributed by atoms with E-state index in [1.807, 2.05) is 6.07 Å². The van der Waals surface area contributed by atoms with E-state index in [4.69, 9.17) is 10.6 Å². The number of rotatable bonds is 5. The van der Waals surface area contributed by atoms with Crippen molar-refractivity contribution in [2.24, 2.45) is 5.84 Å². The van der Waals surface area contributed by atoms with Crippen molar-refractivity contribution in [1.29, 1.82) is 0 Å². The minimum absolute atomic E-state index is 0.102. The van der Waals surface area contributed by atoms with Gasteiger partial charge in [0.15, 0.2) is 0 Å². The summed E-state index contributed by atoms with van der Waals surface area (Å²) in [5, 5.41) is 2.12. The molecule has 1 unspecified atom stereocenters. The summed E-state index contributed by atoms with van der Waals surface area (Å²) < 4.78 is 8.11. The number of hydrogen-bond donors (Lipinski definition) is 2. The third kappa shape index (κ3) is 2.96. The van der Waals surface area contributed by atoms with Gasteiger partial charge in [0.1, 0.15) is 5.75 Å². The monoisotopic (exact) mass is 318 g/mol. The van der Waals surface area contributed by atoms with Crippen molar-refractivity contribution in [3.63, 3.8) is 0 Å². The fraction of sp³-hybridized carbons (Fsp3) is 0.250. The van der Waals surface area contributed by atoms with Crippen LogP contribution in [0.2, 0.25) is 0 Å². The van der Waals surface area contributed by atoms with Gasteiger partial charge in [0.05, 0.1) is 13.2 Å². The number of hydrogen-bond acceptors (Lipinski definition) is 5. The summed E-state index contributed by atoms with van der Waals surface area (Å²) in [5.74, 6) is 6.71. The number of fused-ring (bicyclic) bond motifs is 1. The number of hydrazine groups is 1. The number of ether oxygens (including phenoxy) is 1. The van der Waals surface area contributed by atoms with E-state index < -0.39 is 0 Å². The molecule has 1 atom stereocenters. The molecule has 0 spiro atoms. The molecule has 1 aromatic carbocycles. The van der Waals surface area contributed by atoms with Crippen molar-refractivity contribution < 1.29 is 4.74 Å². The van der Waals surface area contributed by atoms with Gasteiger partial charge in [0.25, 0.3) is 0 Å². The maximum Gasteiger partial charge on any atom is 0.122 e. The molecule has 0 fully saturated rings. The highest BCUT2D eigenvalue weighted by atomic mass is 32.1. The lowest BCUT2D eigenvalue weighted by Crippen LogP contribution is -2.29. The van der Waals surface area contributed by atoms with Gasteiger partial charge in [-0.05, 0) is 42.5 Å². The first-order valence-electron chi connectivity index (χ1n) is 6.78. The smallest absolute Gasteiger partial charge is 0.122 e. The van der Waals surface area contributed by atoms with Crippen LogP contribution >= 0.6 is 22.7 Å². The molecule has 0 saturated heterocycles. The Hall–Kier alpha value is -1.40. The molecular formula is C16H18N2OS2. The molecule has 110 valence electrons. The van der Waals surface area contributed by atoms with E-state index in [0.29, 0.717) is 0 Å². The van der Waals surface area contributed by atoms with Crippen molar-refractivity contribution in [1.82, 2.24) is 5.43 Å². The van der Waals surface area contributed by atoms with Gasteiger partial charge in [-0.15, -0.1) is 22.7 Å². The molecule has 3 nitrogen and oxygen atoms in total. The Bertz CT molecular complexity index is 719. The van der Waals surface area contributed by atoms with E-state index in [2.05, 4.69) is 42.0 Å². The molecule has 21 heavy (non-hydrogen) atoms. The van der Waals surface area contributed by atoms with Gasteiger partial charge in [0.2, 0.25) is 0 Å². The molecule has 0 saturated carbocycles. The van der Waals surface area contributed by atoms with Crippen molar-refractivity contribution >= 4 is 32.1 Å². The normalized spacial score (nSPS) is 12.7. The highest BCUT2D eigenvalue weighted by Gasteiger charge is 2.16. The molecule has 0 aliphatic carbocycles. The quantitative estimate of drug-likeness (QED) is 0.551. The van der Waals surface area contributed by atoms with Gasteiger partial charge < -0.3 is 4.74 Å². The van der Waals surface area contributed by atoms with Crippen LogP contribution in [0.25, 0.3) is 9.40 Å². The number of nitrogens with two attached hydrogens (primary N) is 1. The van der Waals surface area contributed by atoms with Crippen LogP contribution < -0.4 is 16.0 Å². The van der Waals surface area contributed by atoms with Crippen LogP contribution in [0, 0.1) is 6.92 Å². The summed E-state index contributed by atoms with van der Waals surface area (Å²) in [7, 11) is 1.71. The minimum Gasteiger partial charge on any atom is -0.496 e. The Morgan fingerprint density at radius 3 is 2.81 bits per heavy atom.